The molecular formula is C12H16N2O4. The molecule has 1 saturated carbocycles. The Kier molecular flexibility index (Phi) is 2.64. The van der Waals surface area contributed by atoms with E-state index in [2.05, 4.69) is 5.16 Å². The molecule has 3 rings (SSSR count). The highest BCUT2D eigenvalue weighted by Crippen LogP contribution is 2.44. The number of hydrogen-bond acceptors (Lipinski definition) is 5. The second-order valence-corrected chi connectivity index (χ2v) is 5.15. The Hall–Kier alpha value is -1.40. The van der Waals surface area contributed by atoms with Crippen molar-refractivity contribution in [1.29, 1.82) is 0 Å². The maximum absolute atomic E-state index is 12.0. The first-order chi connectivity index (χ1) is 8.62. The Labute approximate surface area is 104 Å². The third-order valence-electron chi connectivity index (χ3n) is 3.62. The number of methoxy groups -OCH3 is 1. The molecule has 0 spiro atoms. The molecule has 0 atom stereocenters. The maximum atomic E-state index is 12.0. The Morgan fingerprint density at radius 3 is 3.00 bits per heavy atom. The summed E-state index contributed by atoms with van der Waals surface area (Å²) >= 11 is 0. The highest BCUT2D eigenvalue weighted by molar-refractivity contribution is 5.93. The van der Waals surface area contributed by atoms with Gasteiger partial charge in [-0.15, -0.1) is 0 Å². The Morgan fingerprint density at radius 1 is 1.67 bits per heavy atom. The summed E-state index contributed by atoms with van der Waals surface area (Å²) in [7, 11) is 1.55. The smallest absolute Gasteiger partial charge is 0.276 e. The van der Waals surface area contributed by atoms with Crippen LogP contribution in [0.3, 0.4) is 0 Å². The number of β-amino-alcohol motifs (C(OH)–C–C–N with tert-alkyl or cyclic N) is 1. The van der Waals surface area contributed by atoms with Gasteiger partial charge in [0.2, 0.25) is 0 Å². The Balaban J connectivity index is 1.61. The number of amides is 1. The molecule has 0 bridgehead atoms. The predicted molar refractivity (Wildman–Crippen MR) is 60.8 cm³/mol. The van der Waals surface area contributed by atoms with Gasteiger partial charge in [-0.2, -0.15) is 0 Å². The Morgan fingerprint density at radius 2 is 2.39 bits per heavy atom. The average Bonchev–Trinajstić information content (AvgIpc) is 3.06. The molecule has 0 radical (unpaired) electrons. The molecule has 6 nitrogen and oxygen atoms in total. The first-order valence-corrected chi connectivity index (χ1v) is 6.08. The van der Waals surface area contributed by atoms with E-state index in [0.29, 0.717) is 31.4 Å². The molecule has 2 fully saturated rings. The van der Waals surface area contributed by atoms with Crippen molar-refractivity contribution in [2.45, 2.75) is 25.0 Å². The van der Waals surface area contributed by atoms with E-state index in [1.165, 1.54) is 0 Å². The van der Waals surface area contributed by atoms with Gasteiger partial charge in [0.1, 0.15) is 12.2 Å². The van der Waals surface area contributed by atoms with Crippen molar-refractivity contribution < 1.29 is 19.2 Å². The Bertz CT molecular complexity index is 460. The van der Waals surface area contributed by atoms with E-state index in [1.807, 2.05) is 0 Å². The van der Waals surface area contributed by atoms with Crippen LogP contribution >= 0.6 is 0 Å². The summed E-state index contributed by atoms with van der Waals surface area (Å²) < 4.78 is 9.87. The molecule has 0 aromatic carbocycles. The molecular weight excluding hydrogens is 236 g/mol. The van der Waals surface area contributed by atoms with Crippen molar-refractivity contribution in [2.24, 2.45) is 5.92 Å². The van der Waals surface area contributed by atoms with Gasteiger partial charge in [0, 0.05) is 13.2 Å². The summed E-state index contributed by atoms with van der Waals surface area (Å²) in [6.07, 6.45) is 2.14. The SMILES string of the molecule is COCc1cc(C(=O)N2CC(O)(C3CC3)C2)no1. The first kappa shape index (κ1) is 11.7. The van der Waals surface area contributed by atoms with Crippen LogP contribution in [-0.4, -0.2) is 46.9 Å². The number of carbonyl (C=O) groups excluding carboxylic acids is 1. The van der Waals surface area contributed by atoms with Gasteiger partial charge in [-0.3, -0.25) is 4.79 Å². The largest absolute Gasteiger partial charge is 0.386 e. The normalized spacial score (nSPS) is 21.8. The van der Waals surface area contributed by atoms with Gasteiger partial charge < -0.3 is 19.3 Å². The van der Waals surface area contributed by atoms with Crippen LogP contribution < -0.4 is 0 Å². The zero-order valence-electron chi connectivity index (χ0n) is 10.3. The zero-order chi connectivity index (χ0) is 12.8. The van der Waals surface area contributed by atoms with Gasteiger partial charge >= 0.3 is 0 Å². The molecule has 1 aliphatic carbocycles. The highest BCUT2D eigenvalue weighted by atomic mass is 16.5. The lowest BCUT2D eigenvalue weighted by atomic mass is 9.88. The van der Waals surface area contributed by atoms with E-state index < -0.39 is 5.60 Å². The van der Waals surface area contributed by atoms with Gasteiger partial charge in [0.25, 0.3) is 5.91 Å². The minimum absolute atomic E-state index is 0.188. The average molecular weight is 252 g/mol. The third-order valence-corrected chi connectivity index (χ3v) is 3.62. The van der Waals surface area contributed by atoms with Crippen molar-refractivity contribution in [3.05, 3.63) is 17.5 Å². The summed E-state index contributed by atoms with van der Waals surface area (Å²) in [5.41, 5.74) is -0.380. The molecule has 1 amide bonds. The quantitative estimate of drug-likeness (QED) is 0.840. The highest BCUT2D eigenvalue weighted by Gasteiger charge is 2.53. The van der Waals surface area contributed by atoms with Crippen molar-refractivity contribution in [2.75, 3.05) is 20.2 Å². The van der Waals surface area contributed by atoms with Gasteiger partial charge in [0.05, 0.1) is 13.1 Å². The topological polar surface area (TPSA) is 75.8 Å². The summed E-state index contributed by atoms with van der Waals surface area (Å²) in [5, 5.41) is 13.9. The van der Waals surface area contributed by atoms with Crippen LogP contribution in [0, 0.1) is 5.92 Å². The number of aromatic nitrogens is 1. The molecule has 0 unspecified atom stereocenters. The minimum atomic E-state index is -0.658. The predicted octanol–water partition coefficient (Wildman–Crippen LogP) is 0.418. The molecule has 1 aromatic rings. The molecule has 1 aromatic heterocycles. The lowest BCUT2D eigenvalue weighted by Crippen LogP contribution is -2.64. The fourth-order valence-electron chi connectivity index (χ4n) is 2.42. The molecule has 1 aliphatic heterocycles. The van der Waals surface area contributed by atoms with E-state index in [0.717, 1.165) is 12.8 Å². The van der Waals surface area contributed by atoms with Crippen LogP contribution in [0.4, 0.5) is 0 Å². The lowest BCUT2D eigenvalue weighted by Gasteiger charge is -2.46. The number of ether oxygens (including phenoxy) is 1. The fourth-order valence-corrected chi connectivity index (χ4v) is 2.42. The monoisotopic (exact) mass is 252 g/mol. The van der Waals surface area contributed by atoms with E-state index in [1.54, 1.807) is 18.1 Å². The van der Waals surface area contributed by atoms with Crippen molar-refractivity contribution in [3.63, 3.8) is 0 Å². The second-order valence-electron chi connectivity index (χ2n) is 5.15. The van der Waals surface area contributed by atoms with Crippen molar-refractivity contribution in [3.8, 4) is 0 Å². The molecule has 2 aliphatic rings. The number of aliphatic hydroxyl groups is 1. The molecule has 98 valence electrons. The van der Waals surface area contributed by atoms with Crippen LogP contribution in [0.2, 0.25) is 0 Å². The van der Waals surface area contributed by atoms with E-state index in [4.69, 9.17) is 9.26 Å². The summed E-state index contributed by atoms with van der Waals surface area (Å²) in [5.74, 6) is 0.716. The van der Waals surface area contributed by atoms with Crippen molar-refractivity contribution in [1.82, 2.24) is 10.1 Å². The third kappa shape index (κ3) is 1.91. The van der Waals surface area contributed by atoms with Gasteiger partial charge in [-0.05, 0) is 18.8 Å². The van der Waals surface area contributed by atoms with E-state index in [9.17, 15) is 9.90 Å². The number of hydrogen-bond donors (Lipinski definition) is 1. The van der Waals surface area contributed by atoms with Crippen LogP contribution in [0.15, 0.2) is 10.6 Å². The number of carbonyl (C=O) groups is 1. The molecule has 2 heterocycles. The summed E-state index contributed by atoms with van der Waals surface area (Å²) in [6, 6.07) is 1.58. The minimum Gasteiger partial charge on any atom is -0.386 e. The first-order valence-electron chi connectivity index (χ1n) is 6.08. The second kappa shape index (κ2) is 4.07. The molecule has 1 N–H and O–H groups in total. The molecule has 18 heavy (non-hydrogen) atoms. The van der Waals surface area contributed by atoms with Gasteiger partial charge in [0.15, 0.2) is 11.5 Å². The van der Waals surface area contributed by atoms with E-state index in [-0.39, 0.29) is 11.6 Å². The van der Waals surface area contributed by atoms with E-state index >= 15 is 0 Å². The molecule has 6 heteroatoms. The fraction of sp³-hybridized carbons (Fsp3) is 0.667. The number of rotatable bonds is 4. The van der Waals surface area contributed by atoms with Gasteiger partial charge in [-0.1, -0.05) is 5.16 Å². The number of likely N-dealkylation sites (tertiary alicyclic amines) is 1. The van der Waals surface area contributed by atoms with Gasteiger partial charge in [-0.25, -0.2) is 0 Å². The molecule has 1 saturated heterocycles. The summed E-state index contributed by atoms with van der Waals surface area (Å²) in [4.78, 5) is 13.6. The van der Waals surface area contributed by atoms with Crippen LogP contribution in [0.1, 0.15) is 29.1 Å². The van der Waals surface area contributed by atoms with Crippen molar-refractivity contribution >= 4 is 5.91 Å². The number of nitrogens with zero attached hydrogens (tertiary/aromatic N) is 2. The van der Waals surface area contributed by atoms with Crippen LogP contribution in [0.5, 0.6) is 0 Å². The zero-order valence-corrected chi connectivity index (χ0v) is 10.3. The summed E-state index contributed by atoms with van der Waals surface area (Å²) in [6.45, 7) is 1.11. The van der Waals surface area contributed by atoms with Crippen LogP contribution in [0.25, 0.3) is 0 Å². The van der Waals surface area contributed by atoms with Crippen LogP contribution in [-0.2, 0) is 11.3 Å². The maximum Gasteiger partial charge on any atom is 0.276 e. The lowest BCUT2D eigenvalue weighted by molar-refractivity contribution is -0.0960. The standard InChI is InChI=1S/C12H16N2O4/c1-17-5-9-4-10(13-18-9)11(15)14-6-12(16,7-14)8-2-3-8/h4,8,16H,2-3,5-7H2,1H3.